The van der Waals surface area contributed by atoms with Crippen molar-refractivity contribution in [1.82, 2.24) is 5.32 Å². The number of ether oxygens (including phenoxy) is 4. The van der Waals surface area contributed by atoms with Gasteiger partial charge in [-0.1, -0.05) is 76.9 Å². The number of rotatable bonds is 27. The van der Waals surface area contributed by atoms with Crippen LogP contribution in [0.25, 0.3) is 0 Å². The highest BCUT2D eigenvalue weighted by Crippen LogP contribution is 2.10. The van der Waals surface area contributed by atoms with Gasteiger partial charge in [-0.05, 0) is 38.5 Å². The summed E-state index contributed by atoms with van der Waals surface area (Å²) in [7, 11) is 1.66. The van der Waals surface area contributed by atoms with Gasteiger partial charge in [0.25, 0.3) is 0 Å². The van der Waals surface area contributed by atoms with Crippen molar-refractivity contribution in [2.45, 2.75) is 116 Å². The minimum absolute atomic E-state index is 0.137. The molecule has 0 aromatic rings. The summed E-state index contributed by atoms with van der Waals surface area (Å²) >= 11 is 0. The molecule has 0 saturated heterocycles. The number of carbonyl (C=O) groups is 2. The van der Waals surface area contributed by atoms with Gasteiger partial charge in [-0.3, -0.25) is 4.79 Å². The molecular weight excluding hydrogens is 458 g/mol. The number of esters is 1. The highest BCUT2D eigenvalue weighted by atomic mass is 16.5. The van der Waals surface area contributed by atoms with E-state index in [0.29, 0.717) is 39.5 Å². The molecule has 7 nitrogen and oxygen atoms in total. The number of amides is 1. The topological polar surface area (TPSA) is 83.1 Å². The van der Waals surface area contributed by atoms with Gasteiger partial charge in [-0.15, -0.1) is 0 Å². The highest BCUT2D eigenvalue weighted by Gasteiger charge is 2.06. The summed E-state index contributed by atoms with van der Waals surface area (Å²) < 4.78 is 20.6. The van der Waals surface area contributed by atoms with Crippen LogP contribution in [0.2, 0.25) is 0 Å². The lowest BCUT2D eigenvalue weighted by Gasteiger charge is -2.08. The average molecular weight is 514 g/mol. The standard InChI is InChI=1S/C29H55NO6/c1-3-4-5-6-7-8-9-10-11-12-13-14-15-16-17-18-26-36-29(32)30-22-21-28(31)35-27-20-25-34-24-19-23-33-2/h10-11H,3-9,12-27H2,1-2H3,(H,30,32)/b11-10-. The zero-order valence-electron chi connectivity index (χ0n) is 23.4. The molecule has 0 rings (SSSR count). The van der Waals surface area contributed by atoms with Crippen molar-refractivity contribution in [3.63, 3.8) is 0 Å². The molecule has 0 fully saturated rings. The molecule has 0 aromatic carbocycles. The molecule has 36 heavy (non-hydrogen) atoms. The van der Waals surface area contributed by atoms with Crippen molar-refractivity contribution < 1.29 is 28.5 Å². The van der Waals surface area contributed by atoms with E-state index in [1.165, 1.54) is 77.0 Å². The number of allylic oxidation sites excluding steroid dienone is 2. The minimum Gasteiger partial charge on any atom is -0.466 e. The number of hydrogen-bond donors (Lipinski definition) is 1. The van der Waals surface area contributed by atoms with Gasteiger partial charge in [-0.25, -0.2) is 4.79 Å². The molecule has 0 aliphatic carbocycles. The van der Waals surface area contributed by atoms with E-state index in [0.717, 1.165) is 19.3 Å². The summed E-state index contributed by atoms with van der Waals surface area (Å²) in [6.45, 7) is 5.10. The van der Waals surface area contributed by atoms with Crippen LogP contribution in [-0.2, 0) is 23.7 Å². The van der Waals surface area contributed by atoms with Crippen molar-refractivity contribution in [3.05, 3.63) is 12.2 Å². The highest BCUT2D eigenvalue weighted by molar-refractivity contribution is 5.71. The Labute approximate surface area is 221 Å². The molecule has 0 saturated carbocycles. The van der Waals surface area contributed by atoms with Crippen LogP contribution in [0.1, 0.15) is 116 Å². The Bertz CT molecular complexity index is 512. The van der Waals surface area contributed by atoms with E-state index in [2.05, 4.69) is 24.4 Å². The fourth-order valence-corrected chi connectivity index (χ4v) is 3.66. The molecule has 212 valence electrons. The summed E-state index contributed by atoms with van der Waals surface area (Å²) in [4.78, 5) is 23.3. The van der Waals surface area contributed by atoms with Crippen molar-refractivity contribution in [2.75, 3.05) is 46.7 Å². The third-order valence-corrected chi connectivity index (χ3v) is 5.82. The fraction of sp³-hybridized carbons (Fsp3) is 0.862. The molecule has 0 radical (unpaired) electrons. The van der Waals surface area contributed by atoms with Crippen molar-refractivity contribution in [1.29, 1.82) is 0 Å². The molecule has 0 bridgehead atoms. The van der Waals surface area contributed by atoms with Crippen LogP contribution in [0.15, 0.2) is 12.2 Å². The summed E-state index contributed by atoms with van der Waals surface area (Å²) in [5.41, 5.74) is 0. The number of methoxy groups -OCH3 is 1. The molecule has 0 spiro atoms. The Morgan fingerprint density at radius 2 is 1.19 bits per heavy atom. The molecule has 0 atom stereocenters. The second-order valence-corrected chi connectivity index (χ2v) is 9.28. The maximum Gasteiger partial charge on any atom is 0.407 e. The van der Waals surface area contributed by atoms with Gasteiger partial charge in [-0.2, -0.15) is 0 Å². The van der Waals surface area contributed by atoms with Crippen molar-refractivity contribution in [3.8, 4) is 0 Å². The summed E-state index contributed by atoms with van der Waals surface area (Å²) in [5, 5.41) is 2.59. The van der Waals surface area contributed by atoms with Gasteiger partial charge in [0.2, 0.25) is 0 Å². The zero-order chi connectivity index (χ0) is 26.4. The Hall–Kier alpha value is -1.60. The second kappa shape index (κ2) is 29.6. The molecule has 1 amide bonds. The van der Waals surface area contributed by atoms with E-state index < -0.39 is 6.09 Å². The fourth-order valence-electron chi connectivity index (χ4n) is 3.66. The van der Waals surface area contributed by atoms with E-state index in [9.17, 15) is 9.59 Å². The maximum atomic E-state index is 11.7. The Morgan fingerprint density at radius 3 is 1.83 bits per heavy atom. The van der Waals surface area contributed by atoms with E-state index in [1.54, 1.807) is 7.11 Å². The van der Waals surface area contributed by atoms with Crippen molar-refractivity contribution >= 4 is 12.1 Å². The summed E-state index contributed by atoms with van der Waals surface area (Å²) in [6.07, 6.45) is 23.4. The predicted octanol–water partition coefficient (Wildman–Crippen LogP) is 7.13. The van der Waals surface area contributed by atoms with Crippen LogP contribution in [0, 0.1) is 0 Å². The summed E-state index contributed by atoms with van der Waals surface area (Å²) in [5.74, 6) is -0.331. The van der Waals surface area contributed by atoms with Crippen LogP contribution in [0.3, 0.4) is 0 Å². The first-order chi connectivity index (χ1) is 17.7. The smallest absolute Gasteiger partial charge is 0.407 e. The van der Waals surface area contributed by atoms with E-state index in [4.69, 9.17) is 18.9 Å². The van der Waals surface area contributed by atoms with Crippen molar-refractivity contribution in [2.24, 2.45) is 0 Å². The predicted molar refractivity (Wildman–Crippen MR) is 146 cm³/mol. The molecular formula is C29H55NO6. The molecule has 1 N–H and O–H groups in total. The molecule has 7 heteroatoms. The quantitative estimate of drug-likeness (QED) is 0.0715. The van der Waals surface area contributed by atoms with Gasteiger partial charge in [0.1, 0.15) is 0 Å². The van der Waals surface area contributed by atoms with E-state index in [-0.39, 0.29) is 18.9 Å². The Balaban J connectivity index is 3.30. The van der Waals surface area contributed by atoms with Gasteiger partial charge in [0.15, 0.2) is 0 Å². The number of carbonyl (C=O) groups excluding carboxylic acids is 2. The average Bonchev–Trinajstić information content (AvgIpc) is 2.87. The Morgan fingerprint density at radius 1 is 0.639 bits per heavy atom. The van der Waals surface area contributed by atoms with Crippen LogP contribution in [-0.4, -0.2) is 58.8 Å². The first kappa shape index (κ1) is 34.4. The van der Waals surface area contributed by atoms with Gasteiger partial charge in [0, 0.05) is 39.9 Å². The number of nitrogens with one attached hydrogen (secondary N) is 1. The number of alkyl carbamates (subject to hydrolysis) is 1. The third kappa shape index (κ3) is 28.6. The first-order valence-corrected chi connectivity index (χ1v) is 14.5. The first-order valence-electron chi connectivity index (χ1n) is 14.5. The monoisotopic (exact) mass is 513 g/mol. The Kier molecular flexibility index (Phi) is 28.3. The normalized spacial score (nSPS) is 11.2. The lowest BCUT2D eigenvalue weighted by Crippen LogP contribution is -2.27. The van der Waals surface area contributed by atoms with E-state index >= 15 is 0 Å². The molecule has 0 aliphatic rings. The maximum absolute atomic E-state index is 11.7. The second-order valence-electron chi connectivity index (χ2n) is 9.28. The number of hydrogen-bond acceptors (Lipinski definition) is 6. The largest absolute Gasteiger partial charge is 0.466 e. The molecule has 0 heterocycles. The SMILES string of the molecule is CCCCCCCC/C=C\CCCCCCCCOC(=O)NCCC(=O)OCCCOCCCOC. The van der Waals surface area contributed by atoms with E-state index in [1.807, 2.05) is 0 Å². The van der Waals surface area contributed by atoms with Crippen LogP contribution in [0.5, 0.6) is 0 Å². The third-order valence-electron chi connectivity index (χ3n) is 5.82. The zero-order valence-corrected chi connectivity index (χ0v) is 23.4. The molecule has 0 unspecified atom stereocenters. The summed E-state index contributed by atoms with van der Waals surface area (Å²) in [6, 6.07) is 0. The molecule has 0 aliphatic heterocycles. The van der Waals surface area contributed by atoms with Crippen LogP contribution >= 0.6 is 0 Å². The van der Waals surface area contributed by atoms with Gasteiger partial charge >= 0.3 is 12.1 Å². The van der Waals surface area contributed by atoms with Crippen LogP contribution < -0.4 is 5.32 Å². The number of unbranched alkanes of at least 4 members (excludes halogenated alkanes) is 12. The molecule has 0 aromatic heterocycles. The minimum atomic E-state index is -0.472. The van der Waals surface area contributed by atoms with Crippen LogP contribution in [0.4, 0.5) is 4.79 Å². The lowest BCUT2D eigenvalue weighted by molar-refractivity contribution is -0.143. The lowest BCUT2D eigenvalue weighted by atomic mass is 10.1. The van der Waals surface area contributed by atoms with Gasteiger partial charge in [0.05, 0.1) is 19.6 Å². The van der Waals surface area contributed by atoms with Gasteiger partial charge < -0.3 is 24.3 Å².